The van der Waals surface area contributed by atoms with Crippen LogP contribution in [0.4, 0.5) is 0 Å². The fourth-order valence-corrected chi connectivity index (χ4v) is 0.112. The van der Waals surface area contributed by atoms with Gasteiger partial charge in [0.1, 0.15) is 0 Å². The van der Waals surface area contributed by atoms with Crippen molar-refractivity contribution in [2.45, 2.75) is 0 Å². The molecule has 1 radical (unpaired) electrons. The Kier molecular flexibility index (Phi) is 14.6. The Morgan fingerprint density at radius 3 is 2.17 bits per heavy atom. The van der Waals surface area contributed by atoms with Crippen LogP contribution in [0.1, 0.15) is 0 Å². The minimum absolute atomic E-state index is 0. The van der Waals surface area contributed by atoms with Gasteiger partial charge in [-0.15, -0.1) is 0 Å². The van der Waals surface area contributed by atoms with E-state index in [4.69, 9.17) is 5.73 Å². The summed E-state index contributed by atoms with van der Waals surface area (Å²) in [5, 5.41) is 3.67. The average Bonchev–Trinajstić information content (AvgIpc) is 1.41. The molecule has 0 saturated heterocycles. The van der Waals surface area contributed by atoms with Crippen molar-refractivity contribution in [2.24, 2.45) is 0 Å². The molecule has 0 aromatic rings. The van der Waals surface area contributed by atoms with E-state index in [1.165, 1.54) is 0 Å². The zero-order chi connectivity index (χ0) is 4.12. The summed E-state index contributed by atoms with van der Waals surface area (Å²) in [6.45, 7) is 1.11. The van der Waals surface area contributed by atoms with E-state index in [0.29, 0.717) is 13.1 Å². The molecular formula is C3H8CoN2. The van der Waals surface area contributed by atoms with Crippen LogP contribution in [0.5, 0.6) is 0 Å². The molecule has 6 heavy (non-hydrogen) atoms. The standard InChI is InChI=1S/C3H8N2.Co/c1-5-3-2-4;/h4H,2-3H2,1H3;/q-2;+2. The molecule has 0 aliphatic carbocycles. The molecule has 0 aliphatic rings. The SMILES string of the molecule is C[N-]CC[NH-].[Co+2]. The van der Waals surface area contributed by atoms with Crippen LogP contribution in [-0.2, 0) is 16.8 Å². The minimum Gasteiger partial charge on any atom is -0.679 e. The van der Waals surface area contributed by atoms with Crippen LogP contribution in [0.25, 0.3) is 11.1 Å². The van der Waals surface area contributed by atoms with Gasteiger partial charge >= 0.3 is 16.8 Å². The summed E-state index contributed by atoms with van der Waals surface area (Å²) in [5.74, 6) is 0. The average molecular weight is 131 g/mol. The third-order valence-corrected chi connectivity index (χ3v) is 0.335. The second-order valence-corrected chi connectivity index (χ2v) is 0.790. The first-order valence-corrected chi connectivity index (χ1v) is 1.62. The maximum atomic E-state index is 6.51. The molecule has 0 spiro atoms. The summed E-state index contributed by atoms with van der Waals surface area (Å²) in [6.07, 6.45) is 0. The maximum Gasteiger partial charge on any atom is 2.00 e. The van der Waals surface area contributed by atoms with Crippen molar-refractivity contribution in [3.63, 3.8) is 0 Å². The zero-order valence-electron chi connectivity index (χ0n) is 3.69. The molecule has 0 aliphatic heterocycles. The fraction of sp³-hybridized carbons (Fsp3) is 1.00. The smallest absolute Gasteiger partial charge is 0.679 e. The van der Waals surface area contributed by atoms with Gasteiger partial charge in [0, 0.05) is 0 Å². The third kappa shape index (κ3) is 8.83. The molecule has 0 saturated carbocycles. The summed E-state index contributed by atoms with van der Waals surface area (Å²) in [7, 11) is 1.72. The summed E-state index contributed by atoms with van der Waals surface area (Å²) in [5.41, 5.74) is 6.51. The monoisotopic (exact) mass is 131 g/mol. The van der Waals surface area contributed by atoms with E-state index in [-0.39, 0.29) is 16.8 Å². The summed E-state index contributed by atoms with van der Waals surface area (Å²) in [6, 6.07) is 0. The number of nitrogens with zero attached hydrogens (tertiary/aromatic N) is 1. The summed E-state index contributed by atoms with van der Waals surface area (Å²) < 4.78 is 0. The molecule has 39 valence electrons. The van der Waals surface area contributed by atoms with E-state index in [1.807, 2.05) is 0 Å². The molecule has 0 fully saturated rings. The van der Waals surface area contributed by atoms with Crippen LogP contribution in [0.2, 0.25) is 0 Å². The minimum atomic E-state index is 0. The van der Waals surface area contributed by atoms with E-state index in [2.05, 4.69) is 5.32 Å². The second-order valence-electron chi connectivity index (χ2n) is 0.790. The molecule has 0 aromatic carbocycles. The van der Waals surface area contributed by atoms with Gasteiger partial charge in [0.2, 0.25) is 0 Å². The molecule has 0 unspecified atom stereocenters. The van der Waals surface area contributed by atoms with E-state index in [9.17, 15) is 0 Å². The van der Waals surface area contributed by atoms with E-state index in [0.717, 1.165) is 0 Å². The molecule has 0 aromatic heterocycles. The van der Waals surface area contributed by atoms with Gasteiger partial charge in [-0.25, -0.2) is 0 Å². The Morgan fingerprint density at radius 1 is 1.67 bits per heavy atom. The van der Waals surface area contributed by atoms with Gasteiger partial charge in [-0.3, -0.25) is 0 Å². The van der Waals surface area contributed by atoms with Crippen molar-refractivity contribution < 1.29 is 16.8 Å². The van der Waals surface area contributed by atoms with Crippen LogP contribution < -0.4 is 0 Å². The molecule has 3 heteroatoms. The number of hydrogen-bond acceptors (Lipinski definition) is 0. The van der Waals surface area contributed by atoms with Crippen molar-refractivity contribution in [1.82, 2.24) is 0 Å². The van der Waals surface area contributed by atoms with Crippen LogP contribution in [-0.4, -0.2) is 20.1 Å². The van der Waals surface area contributed by atoms with Gasteiger partial charge in [-0.2, -0.15) is 20.1 Å². The summed E-state index contributed by atoms with van der Waals surface area (Å²) in [4.78, 5) is 0. The van der Waals surface area contributed by atoms with Crippen molar-refractivity contribution in [2.75, 3.05) is 20.1 Å². The van der Waals surface area contributed by atoms with Gasteiger partial charge in [-0.05, 0) is 0 Å². The largest absolute Gasteiger partial charge is 2.00 e. The first kappa shape index (κ1) is 9.66. The Balaban J connectivity index is 0. The van der Waals surface area contributed by atoms with Gasteiger partial charge < -0.3 is 11.1 Å². The number of rotatable bonds is 2. The Labute approximate surface area is 48.7 Å². The predicted molar refractivity (Wildman–Crippen MR) is 23.3 cm³/mol. The van der Waals surface area contributed by atoms with Gasteiger partial charge in [-0.1, -0.05) is 0 Å². The first-order chi connectivity index (χ1) is 2.41. The van der Waals surface area contributed by atoms with Crippen LogP contribution >= 0.6 is 0 Å². The van der Waals surface area contributed by atoms with Gasteiger partial charge in [0.25, 0.3) is 0 Å². The Morgan fingerprint density at radius 2 is 2.17 bits per heavy atom. The second kappa shape index (κ2) is 9.06. The van der Waals surface area contributed by atoms with Crippen molar-refractivity contribution in [1.29, 1.82) is 0 Å². The molecule has 0 rings (SSSR count). The molecule has 1 N–H and O–H groups in total. The van der Waals surface area contributed by atoms with Crippen LogP contribution in [0.3, 0.4) is 0 Å². The van der Waals surface area contributed by atoms with Crippen molar-refractivity contribution in [3.8, 4) is 0 Å². The third-order valence-electron chi connectivity index (χ3n) is 0.335. The topological polar surface area (TPSA) is 37.9 Å². The Hall–Kier alpha value is 0.426. The molecule has 0 bridgehead atoms. The zero-order valence-corrected chi connectivity index (χ0v) is 4.74. The van der Waals surface area contributed by atoms with Crippen LogP contribution in [0.15, 0.2) is 0 Å². The Bertz CT molecular complexity index is 16.3. The molecule has 2 nitrogen and oxygen atoms in total. The molecule has 0 heterocycles. The van der Waals surface area contributed by atoms with E-state index in [1.54, 1.807) is 7.05 Å². The maximum absolute atomic E-state index is 6.51. The van der Waals surface area contributed by atoms with Crippen molar-refractivity contribution in [3.05, 3.63) is 11.1 Å². The predicted octanol–water partition coefficient (Wildman–Crippen LogP) is 1.04. The van der Waals surface area contributed by atoms with Crippen molar-refractivity contribution >= 4 is 0 Å². The first-order valence-electron chi connectivity index (χ1n) is 1.62. The molecule has 0 atom stereocenters. The number of hydrogen-bond donors (Lipinski definition) is 0. The van der Waals surface area contributed by atoms with Gasteiger partial charge in [0.15, 0.2) is 0 Å². The van der Waals surface area contributed by atoms with Gasteiger partial charge in [0.05, 0.1) is 0 Å². The molecular weight excluding hydrogens is 123 g/mol. The molecule has 0 amide bonds. The summed E-state index contributed by atoms with van der Waals surface area (Å²) >= 11 is 0. The van der Waals surface area contributed by atoms with Crippen LogP contribution in [0, 0.1) is 0 Å². The van der Waals surface area contributed by atoms with E-state index < -0.39 is 0 Å². The van der Waals surface area contributed by atoms with E-state index >= 15 is 0 Å². The fourth-order valence-electron chi connectivity index (χ4n) is 0.112. The quantitative estimate of drug-likeness (QED) is 0.537. The number of nitrogens with one attached hydrogen (secondary N) is 1. The number of likely N-dealkylation sites (N-methyl/N-ethyl adjacent to an activating group) is 1. The normalized spacial score (nSPS) is 7.00.